The van der Waals surface area contributed by atoms with Gasteiger partial charge in [0.1, 0.15) is 14.1 Å². The van der Waals surface area contributed by atoms with Crippen LogP contribution in [0.3, 0.4) is 0 Å². The lowest BCUT2D eigenvalue weighted by Gasteiger charge is -2.24. The highest BCUT2D eigenvalue weighted by atomic mass is 15.0. The van der Waals surface area contributed by atoms with Gasteiger partial charge in [-0.05, 0) is 89.0 Å². The van der Waals surface area contributed by atoms with Crippen molar-refractivity contribution < 1.29 is 9.15 Å². The van der Waals surface area contributed by atoms with Gasteiger partial charge in [-0.3, -0.25) is 0 Å². The maximum absolute atomic E-state index is 2.43. The van der Waals surface area contributed by atoms with E-state index in [2.05, 4.69) is 172 Å². The van der Waals surface area contributed by atoms with Crippen LogP contribution >= 0.6 is 0 Å². The highest BCUT2D eigenvalue weighted by Gasteiger charge is 2.47. The SMILES string of the molecule is CC1=[N+](C)c2ccc3ccccc3c2C1(C)Cc1ccc(Cc2ccc(CC3(C)C(C)=[N+](C)c4ccc5ccccc5c43)cc2)cc1. The first-order valence-electron chi connectivity index (χ1n) is 17.0. The van der Waals surface area contributed by atoms with Gasteiger partial charge in [0.2, 0.25) is 11.4 Å². The monoisotopic (exact) mass is 612 g/mol. The summed E-state index contributed by atoms with van der Waals surface area (Å²) in [7, 11) is 4.44. The van der Waals surface area contributed by atoms with Crippen molar-refractivity contribution in [1.29, 1.82) is 0 Å². The van der Waals surface area contributed by atoms with Crippen LogP contribution in [0.2, 0.25) is 0 Å². The molecule has 0 saturated heterocycles. The lowest BCUT2D eigenvalue weighted by molar-refractivity contribution is -0.403. The predicted molar refractivity (Wildman–Crippen MR) is 199 cm³/mol. The number of fused-ring (bicyclic) bond motifs is 6. The van der Waals surface area contributed by atoms with E-state index in [9.17, 15) is 0 Å². The van der Waals surface area contributed by atoms with E-state index in [1.54, 1.807) is 0 Å². The van der Waals surface area contributed by atoms with Crippen molar-refractivity contribution in [3.63, 3.8) is 0 Å². The summed E-state index contributed by atoms with van der Waals surface area (Å²) in [6.07, 6.45) is 2.92. The highest BCUT2D eigenvalue weighted by molar-refractivity contribution is 6.03. The molecule has 0 amide bonds. The van der Waals surface area contributed by atoms with Crippen molar-refractivity contribution >= 4 is 44.3 Å². The first kappa shape index (κ1) is 29.6. The highest BCUT2D eigenvalue weighted by Crippen LogP contribution is 2.46. The molecule has 0 radical (unpaired) electrons. The van der Waals surface area contributed by atoms with Gasteiger partial charge < -0.3 is 0 Å². The third kappa shape index (κ3) is 4.60. The largest absolute Gasteiger partial charge is 0.209 e. The number of hydrogen-bond acceptors (Lipinski definition) is 0. The summed E-state index contributed by atoms with van der Waals surface area (Å²) in [6, 6.07) is 45.5. The zero-order chi connectivity index (χ0) is 32.5. The van der Waals surface area contributed by atoms with E-state index in [0.29, 0.717) is 0 Å². The molecule has 2 aliphatic rings. The molecule has 6 aromatic carbocycles. The van der Waals surface area contributed by atoms with E-state index in [0.717, 1.165) is 19.3 Å². The third-order valence-corrected chi connectivity index (χ3v) is 11.8. The van der Waals surface area contributed by atoms with Crippen LogP contribution in [-0.4, -0.2) is 34.7 Å². The van der Waals surface area contributed by atoms with Crippen molar-refractivity contribution in [2.45, 2.75) is 57.8 Å². The molecule has 0 spiro atoms. The smallest absolute Gasteiger partial charge is 0.202 e. The molecule has 8 rings (SSSR count). The van der Waals surface area contributed by atoms with Gasteiger partial charge in [-0.15, -0.1) is 0 Å². The number of rotatable bonds is 6. The minimum absolute atomic E-state index is 0.0460. The van der Waals surface area contributed by atoms with Gasteiger partial charge in [0.05, 0.1) is 10.8 Å². The van der Waals surface area contributed by atoms with Gasteiger partial charge >= 0.3 is 0 Å². The second-order valence-electron chi connectivity index (χ2n) is 14.5. The number of benzene rings is 6. The summed E-state index contributed by atoms with van der Waals surface area (Å²) in [5, 5.41) is 5.38. The van der Waals surface area contributed by atoms with Gasteiger partial charge in [0, 0.05) is 37.1 Å². The Kier molecular flexibility index (Phi) is 6.84. The molecule has 232 valence electrons. The zero-order valence-corrected chi connectivity index (χ0v) is 28.6. The van der Waals surface area contributed by atoms with Crippen LogP contribution in [0.1, 0.15) is 61.1 Å². The van der Waals surface area contributed by atoms with Crippen molar-refractivity contribution in [3.05, 3.63) is 155 Å². The molecule has 2 heterocycles. The number of hydrogen-bond donors (Lipinski definition) is 0. The van der Waals surface area contributed by atoms with Crippen LogP contribution in [0.25, 0.3) is 21.5 Å². The second kappa shape index (κ2) is 10.9. The zero-order valence-electron chi connectivity index (χ0n) is 28.6. The molecule has 0 aromatic heterocycles. The van der Waals surface area contributed by atoms with Gasteiger partial charge in [-0.2, -0.15) is 0 Å². The van der Waals surface area contributed by atoms with E-state index in [-0.39, 0.29) is 10.8 Å². The van der Waals surface area contributed by atoms with Gasteiger partial charge in [-0.1, -0.05) is 97.1 Å². The van der Waals surface area contributed by atoms with E-state index in [1.807, 2.05) is 0 Å². The molecular weight excluding hydrogens is 569 g/mol. The molecular formula is C45H44N2+2. The molecule has 0 fully saturated rings. The average Bonchev–Trinajstić information content (AvgIpc) is 3.41. The standard InChI is InChI=1S/C45H44N2/c1-30-44(3,42-38-13-9-7-11-36(38)23-25-40(42)46(30)5)28-34-19-15-32(16-20-34)27-33-17-21-35(22-18-33)29-45(4)31(2)47(6)41-26-24-37-12-8-10-14-39(37)43(41)45/h7-26H,27-29H2,1-6H3/q+2. The summed E-state index contributed by atoms with van der Waals surface area (Å²) in [5.74, 6) is 0. The molecule has 0 bridgehead atoms. The van der Waals surface area contributed by atoms with Crippen LogP contribution in [0.4, 0.5) is 11.4 Å². The van der Waals surface area contributed by atoms with E-state index < -0.39 is 0 Å². The minimum atomic E-state index is -0.0460. The Labute approximate surface area is 279 Å². The molecule has 2 aliphatic heterocycles. The van der Waals surface area contributed by atoms with Gasteiger partial charge in [0.15, 0.2) is 11.4 Å². The molecule has 2 unspecified atom stereocenters. The van der Waals surface area contributed by atoms with E-state index in [1.165, 1.54) is 77.7 Å². The van der Waals surface area contributed by atoms with Crippen molar-refractivity contribution in [2.24, 2.45) is 0 Å². The minimum Gasteiger partial charge on any atom is -0.202 e. The molecule has 0 saturated carbocycles. The summed E-state index contributed by atoms with van der Waals surface area (Å²) >= 11 is 0. The molecule has 2 heteroatoms. The van der Waals surface area contributed by atoms with Gasteiger partial charge in [0.25, 0.3) is 0 Å². The van der Waals surface area contributed by atoms with E-state index >= 15 is 0 Å². The molecule has 0 aliphatic carbocycles. The fraction of sp³-hybridized carbons (Fsp3) is 0.244. The second-order valence-corrected chi connectivity index (χ2v) is 14.5. The van der Waals surface area contributed by atoms with E-state index in [4.69, 9.17) is 0 Å². The quantitative estimate of drug-likeness (QED) is 0.165. The third-order valence-electron chi connectivity index (χ3n) is 11.8. The molecule has 2 atom stereocenters. The average molecular weight is 613 g/mol. The first-order chi connectivity index (χ1) is 22.7. The van der Waals surface area contributed by atoms with Crippen molar-refractivity contribution in [3.8, 4) is 0 Å². The fourth-order valence-electron chi connectivity index (χ4n) is 8.74. The Morgan fingerprint density at radius 3 is 1.21 bits per heavy atom. The Morgan fingerprint density at radius 2 is 0.809 bits per heavy atom. The Balaban J connectivity index is 1.01. The summed E-state index contributed by atoms with van der Waals surface area (Å²) < 4.78 is 4.79. The van der Waals surface area contributed by atoms with Crippen molar-refractivity contribution in [1.82, 2.24) is 0 Å². The van der Waals surface area contributed by atoms with Crippen LogP contribution in [0.5, 0.6) is 0 Å². The van der Waals surface area contributed by atoms with Crippen LogP contribution in [-0.2, 0) is 30.1 Å². The summed E-state index contributed by atoms with van der Waals surface area (Å²) in [5.41, 5.74) is 13.8. The Hall–Kier alpha value is -4.82. The van der Waals surface area contributed by atoms with Crippen LogP contribution in [0.15, 0.2) is 121 Å². The number of nitrogens with zero attached hydrogens (tertiary/aromatic N) is 2. The normalized spacial score (nSPS) is 20.4. The molecule has 47 heavy (non-hydrogen) atoms. The lowest BCUT2D eigenvalue weighted by atomic mass is 9.73. The molecule has 6 aromatic rings. The topological polar surface area (TPSA) is 6.02 Å². The maximum atomic E-state index is 2.43. The van der Waals surface area contributed by atoms with Gasteiger partial charge in [-0.25, -0.2) is 9.15 Å². The van der Waals surface area contributed by atoms with Crippen LogP contribution < -0.4 is 0 Å². The summed E-state index contributed by atoms with van der Waals surface area (Å²) in [6.45, 7) is 9.46. The lowest BCUT2D eigenvalue weighted by Crippen LogP contribution is -2.32. The Bertz CT molecular complexity index is 2110. The molecule has 0 N–H and O–H groups in total. The maximum Gasteiger partial charge on any atom is 0.209 e. The first-order valence-corrected chi connectivity index (χ1v) is 17.0. The van der Waals surface area contributed by atoms with Crippen molar-refractivity contribution in [2.75, 3.05) is 14.1 Å². The van der Waals surface area contributed by atoms with Crippen LogP contribution in [0, 0.1) is 0 Å². The Morgan fingerprint density at radius 1 is 0.447 bits per heavy atom. The predicted octanol–water partition coefficient (Wildman–Crippen LogP) is 10.1. The summed E-state index contributed by atoms with van der Waals surface area (Å²) in [4.78, 5) is 0. The molecule has 2 nitrogen and oxygen atoms in total. The fourth-order valence-corrected chi connectivity index (χ4v) is 8.74.